The Balaban J connectivity index is 1.34. The topological polar surface area (TPSA) is 73.2 Å². The number of ether oxygens (including phenoxy) is 1. The van der Waals surface area contributed by atoms with Crippen molar-refractivity contribution < 1.29 is 19.7 Å². The maximum atomic E-state index is 13.0. The van der Waals surface area contributed by atoms with Crippen LogP contribution in [0.4, 0.5) is 0 Å². The van der Waals surface area contributed by atoms with Gasteiger partial charge in [0.15, 0.2) is 5.76 Å². The van der Waals surface area contributed by atoms with Crippen LogP contribution in [-0.4, -0.2) is 65.1 Å². The molecule has 0 aliphatic carbocycles. The van der Waals surface area contributed by atoms with Crippen LogP contribution in [0.3, 0.4) is 0 Å². The number of ketones is 1. The van der Waals surface area contributed by atoms with Gasteiger partial charge >= 0.3 is 0 Å². The number of rotatable bonds is 6. The number of fused-ring (bicyclic) bond motifs is 1. The number of Topliss-reactive ketones (excluding diaryl/α,β-unsaturated/α-hetero) is 1. The number of piperazine rings is 1. The van der Waals surface area contributed by atoms with Gasteiger partial charge < -0.3 is 14.9 Å². The summed E-state index contributed by atoms with van der Waals surface area (Å²) in [6, 6.07) is 21.4. The van der Waals surface area contributed by atoms with E-state index in [-0.39, 0.29) is 23.9 Å². The van der Waals surface area contributed by atoms with Crippen LogP contribution in [0.1, 0.15) is 21.5 Å². The number of aliphatic hydroxyl groups excluding tert-OH is 1. The number of hydrogen-bond acceptors (Lipinski definition) is 6. The van der Waals surface area contributed by atoms with Crippen molar-refractivity contribution >= 4 is 11.9 Å². The average Bonchev–Trinajstić information content (AvgIpc) is 3.18. The van der Waals surface area contributed by atoms with Gasteiger partial charge in [0.25, 0.3) is 0 Å². The minimum atomic E-state index is -0.170. The zero-order valence-electron chi connectivity index (χ0n) is 19.0. The molecule has 0 radical (unpaired) electrons. The molecule has 0 aromatic heterocycles. The van der Waals surface area contributed by atoms with Crippen LogP contribution >= 0.6 is 0 Å². The van der Waals surface area contributed by atoms with Crippen LogP contribution in [0.15, 0.2) is 72.5 Å². The molecule has 1 saturated heterocycles. The van der Waals surface area contributed by atoms with E-state index in [4.69, 9.17) is 9.84 Å². The standard InChI is InChI=1S/C28H28N2O4/c31-17-16-29-12-14-30(15-13-29)19-24-25(32)11-10-23-27(33)26(34-28(23)24)18-20-6-8-22(9-7-20)21-4-2-1-3-5-21/h1-11,18,31-32H,12-17,19H2. The highest BCUT2D eigenvalue weighted by atomic mass is 16.5. The van der Waals surface area contributed by atoms with Gasteiger partial charge in [0.1, 0.15) is 11.5 Å². The number of benzene rings is 3. The Hall–Kier alpha value is -3.45. The maximum Gasteiger partial charge on any atom is 0.231 e. The number of carbonyl (C=O) groups is 1. The molecule has 5 rings (SSSR count). The van der Waals surface area contributed by atoms with Crippen molar-refractivity contribution in [2.45, 2.75) is 6.54 Å². The fraction of sp³-hybridized carbons (Fsp3) is 0.250. The van der Waals surface area contributed by atoms with Crippen molar-refractivity contribution in [2.75, 3.05) is 39.3 Å². The number of aliphatic hydroxyl groups is 1. The third-order valence-corrected chi connectivity index (χ3v) is 6.49. The molecule has 0 bridgehead atoms. The minimum Gasteiger partial charge on any atom is -0.507 e. The lowest BCUT2D eigenvalue weighted by atomic mass is 10.0. The van der Waals surface area contributed by atoms with Crippen LogP contribution in [0, 0.1) is 0 Å². The predicted molar refractivity (Wildman–Crippen MR) is 132 cm³/mol. The zero-order chi connectivity index (χ0) is 23.5. The number of β-amino-alcohol motifs (C(OH)–C–C–N with tert-alkyl or cyclic N) is 1. The lowest BCUT2D eigenvalue weighted by molar-refractivity contribution is 0.101. The summed E-state index contributed by atoms with van der Waals surface area (Å²) in [4.78, 5) is 17.5. The van der Waals surface area contributed by atoms with Gasteiger partial charge in [-0.15, -0.1) is 0 Å². The largest absolute Gasteiger partial charge is 0.507 e. The number of phenolic OH excluding ortho intramolecular Hbond substituents is 1. The second-order valence-electron chi connectivity index (χ2n) is 8.71. The molecule has 3 aromatic carbocycles. The number of phenols is 1. The Morgan fingerprint density at radius 3 is 2.24 bits per heavy atom. The molecule has 2 aliphatic rings. The monoisotopic (exact) mass is 456 g/mol. The van der Waals surface area contributed by atoms with Crippen molar-refractivity contribution in [3.8, 4) is 22.6 Å². The van der Waals surface area contributed by atoms with Crippen LogP contribution in [0.25, 0.3) is 17.2 Å². The fourth-order valence-electron chi connectivity index (χ4n) is 4.54. The van der Waals surface area contributed by atoms with Crippen LogP contribution < -0.4 is 4.74 Å². The quantitative estimate of drug-likeness (QED) is 0.550. The summed E-state index contributed by atoms with van der Waals surface area (Å²) in [5.41, 5.74) is 4.25. The molecule has 2 heterocycles. The van der Waals surface area contributed by atoms with Gasteiger partial charge in [0.2, 0.25) is 5.78 Å². The van der Waals surface area contributed by atoms with E-state index in [1.807, 2.05) is 42.5 Å². The van der Waals surface area contributed by atoms with Gasteiger partial charge in [-0.2, -0.15) is 0 Å². The maximum absolute atomic E-state index is 13.0. The molecule has 0 unspecified atom stereocenters. The molecular weight excluding hydrogens is 428 g/mol. The van der Waals surface area contributed by atoms with Crippen molar-refractivity contribution in [3.63, 3.8) is 0 Å². The number of carbonyl (C=O) groups excluding carboxylic acids is 1. The Morgan fingerprint density at radius 2 is 1.53 bits per heavy atom. The highest BCUT2D eigenvalue weighted by Gasteiger charge is 2.32. The van der Waals surface area contributed by atoms with E-state index in [2.05, 4.69) is 21.9 Å². The van der Waals surface area contributed by atoms with Gasteiger partial charge in [-0.3, -0.25) is 14.6 Å². The van der Waals surface area contributed by atoms with Gasteiger partial charge in [-0.1, -0.05) is 54.6 Å². The Morgan fingerprint density at radius 1 is 0.853 bits per heavy atom. The molecule has 6 heteroatoms. The molecule has 0 atom stereocenters. The predicted octanol–water partition coefficient (Wildman–Crippen LogP) is 3.79. The van der Waals surface area contributed by atoms with Crippen molar-refractivity contribution in [1.82, 2.24) is 9.80 Å². The van der Waals surface area contributed by atoms with E-state index < -0.39 is 0 Å². The first-order valence-electron chi connectivity index (χ1n) is 11.6. The molecule has 2 N–H and O–H groups in total. The zero-order valence-corrected chi connectivity index (χ0v) is 19.0. The molecule has 174 valence electrons. The highest BCUT2D eigenvalue weighted by Crippen LogP contribution is 2.40. The summed E-state index contributed by atoms with van der Waals surface area (Å²) in [5, 5.41) is 19.7. The lowest BCUT2D eigenvalue weighted by Crippen LogP contribution is -2.46. The Kier molecular flexibility index (Phi) is 6.45. The van der Waals surface area contributed by atoms with E-state index in [1.165, 1.54) is 0 Å². The van der Waals surface area contributed by atoms with E-state index >= 15 is 0 Å². The summed E-state index contributed by atoms with van der Waals surface area (Å²) in [5.74, 6) is 0.686. The molecule has 1 fully saturated rings. The van der Waals surface area contributed by atoms with E-state index in [1.54, 1.807) is 18.2 Å². The number of hydrogen-bond donors (Lipinski definition) is 2. The lowest BCUT2D eigenvalue weighted by Gasteiger charge is -2.34. The van der Waals surface area contributed by atoms with Crippen LogP contribution in [0.2, 0.25) is 0 Å². The van der Waals surface area contributed by atoms with Gasteiger partial charge in [-0.05, 0) is 34.9 Å². The first kappa shape index (κ1) is 22.3. The number of nitrogens with zero attached hydrogens (tertiary/aromatic N) is 2. The molecule has 6 nitrogen and oxygen atoms in total. The van der Waals surface area contributed by atoms with Crippen LogP contribution in [-0.2, 0) is 6.54 Å². The molecule has 2 aliphatic heterocycles. The molecule has 0 amide bonds. The number of allylic oxidation sites excluding steroid dienone is 1. The summed E-state index contributed by atoms with van der Waals surface area (Å²) >= 11 is 0. The SMILES string of the molecule is O=C1C(=Cc2ccc(-c3ccccc3)cc2)Oc2c1ccc(O)c2CN1CCN(CCO)CC1. The van der Waals surface area contributed by atoms with E-state index in [0.29, 0.717) is 30.0 Å². The number of aromatic hydroxyl groups is 1. The van der Waals surface area contributed by atoms with Gasteiger partial charge in [-0.25, -0.2) is 0 Å². The van der Waals surface area contributed by atoms with E-state index in [0.717, 1.165) is 42.9 Å². The first-order chi connectivity index (χ1) is 16.6. The third-order valence-electron chi connectivity index (χ3n) is 6.49. The highest BCUT2D eigenvalue weighted by molar-refractivity contribution is 6.15. The first-order valence-corrected chi connectivity index (χ1v) is 11.6. The molecule has 0 saturated carbocycles. The second-order valence-corrected chi connectivity index (χ2v) is 8.71. The Labute approximate surface area is 199 Å². The van der Waals surface area contributed by atoms with Gasteiger partial charge in [0, 0.05) is 39.3 Å². The van der Waals surface area contributed by atoms with Gasteiger partial charge in [0.05, 0.1) is 17.7 Å². The summed E-state index contributed by atoms with van der Waals surface area (Å²) < 4.78 is 6.03. The summed E-state index contributed by atoms with van der Waals surface area (Å²) in [7, 11) is 0. The van der Waals surface area contributed by atoms with Crippen molar-refractivity contribution in [1.29, 1.82) is 0 Å². The molecular formula is C28H28N2O4. The second kappa shape index (κ2) is 9.81. The molecule has 3 aromatic rings. The normalized spacial score (nSPS) is 17.7. The minimum absolute atomic E-state index is 0.137. The van der Waals surface area contributed by atoms with Crippen LogP contribution in [0.5, 0.6) is 11.5 Å². The molecule has 34 heavy (non-hydrogen) atoms. The van der Waals surface area contributed by atoms with E-state index in [9.17, 15) is 9.90 Å². The third kappa shape index (κ3) is 4.61. The van der Waals surface area contributed by atoms with Crippen molar-refractivity contribution in [3.05, 3.63) is 89.2 Å². The molecule has 0 spiro atoms. The smallest absolute Gasteiger partial charge is 0.231 e. The fourth-order valence-corrected chi connectivity index (χ4v) is 4.54. The average molecular weight is 457 g/mol. The summed E-state index contributed by atoms with van der Waals surface area (Å²) in [6.07, 6.45) is 1.76. The Bertz CT molecular complexity index is 1200. The summed E-state index contributed by atoms with van der Waals surface area (Å²) in [6.45, 7) is 4.72. The van der Waals surface area contributed by atoms with Crippen molar-refractivity contribution in [2.24, 2.45) is 0 Å².